The molecule has 2 aromatic rings. The summed E-state index contributed by atoms with van der Waals surface area (Å²) in [7, 11) is 0.942. The second kappa shape index (κ2) is 7.02. The Balaban J connectivity index is 2.33. The van der Waals surface area contributed by atoms with E-state index in [0.717, 1.165) is 11.1 Å². The van der Waals surface area contributed by atoms with Crippen LogP contribution in [0.15, 0.2) is 47.4 Å². The number of benzene rings is 2. The van der Waals surface area contributed by atoms with Crippen LogP contribution in [0.25, 0.3) is 0 Å². The number of sulfonamides is 1. The van der Waals surface area contributed by atoms with Gasteiger partial charge in [-0.15, -0.1) is 0 Å². The lowest BCUT2D eigenvalue weighted by Crippen LogP contribution is -2.27. The van der Waals surface area contributed by atoms with Crippen LogP contribution in [0, 0.1) is 6.92 Å². The smallest absolute Gasteiger partial charge is 0.246 e. The zero-order chi connectivity index (χ0) is 17.0. The van der Waals surface area contributed by atoms with Gasteiger partial charge in [0.05, 0.1) is 14.2 Å². The molecule has 0 amide bonds. The number of ether oxygens (including phenoxy) is 2. The molecule has 0 aliphatic heterocycles. The number of hydrogen-bond donors (Lipinski definition) is 0. The maximum Gasteiger partial charge on any atom is 0.246 e. The van der Waals surface area contributed by atoms with Gasteiger partial charge >= 0.3 is 0 Å². The first-order valence-corrected chi connectivity index (χ1v) is 8.56. The fourth-order valence-corrected chi connectivity index (χ4v) is 3.66. The summed E-state index contributed by atoms with van der Waals surface area (Å²) in [4.78, 5) is 0.172. The van der Waals surface area contributed by atoms with E-state index >= 15 is 0 Å². The van der Waals surface area contributed by atoms with Gasteiger partial charge in [0.1, 0.15) is 16.4 Å². The van der Waals surface area contributed by atoms with E-state index in [4.69, 9.17) is 9.47 Å². The highest BCUT2D eigenvalue weighted by atomic mass is 32.2. The van der Waals surface area contributed by atoms with E-state index in [1.54, 1.807) is 26.3 Å². The van der Waals surface area contributed by atoms with Gasteiger partial charge in [0.15, 0.2) is 0 Å². The van der Waals surface area contributed by atoms with Gasteiger partial charge in [-0.25, -0.2) is 8.42 Å². The number of rotatable bonds is 6. The van der Waals surface area contributed by atoms with Crippen LogP contribution >= 0.6 is 0 Å². The second-order valence-electron chi connectivity index (χ2n) is 5.27. The Morgan fingerprint density at radius 3 is 2.43 bits per heavy atom. The zero-order valence-electron chi connectivity index (χ0n) is 13.7. The largest absolute Gasteiger partial charge is 0.497 e. The normalized spacial score (nSPS) is 11.5. The molecule has 0 aliphatic carbocycles. The van der Waals surface area contributed by atoms with Gasteiger partial charge in [-0.05, 0) is 42.3 Å². The van der Waals surface area contributed by atoms with Crippen LogP contribution in [0.1, 0.15) is 11.1 Å². The predicted molar refractivity (Wildman–Crippen MR) is 89.4 cm³/mol. The van der Waals surface area contributed by atoms with E-state index in [-0.39, 0.29) is 11.4 Å². The Labute approximate surface area is 137 Å². The lowest BCUT2D eigenvalue weighted by Gasteiger charge is -2.19. The molecule has 0 N–H and O–H groups in total. The van der Waals surface area contributed by atoms with Gasteiger partial charge in [-0.1, -0.05) is 18.2 Å². The van der Waals surface area contributed by atoms with Gasteiger partial charge in [0.25, 0.3) is 0 Å². The highest BCUT2D eigenvalue weighted by Gasteiger charge is 2.25. The first-order valence-electron chi connectivity index (χ1n) is 7.12. The van der Waals surface area contributed by atoms with Crippen LogP contribution in [0.3, 0.4) is 0 Å². The molecular formula is C17H21NO4S. The topological polar surface area (TPSA) is 55.8 Å². The van der Waals surface area contributed by atoms with Gasteiger partial charge in [-0.2, -0.15) is 4.31 Å². The second-order valence-corrected chi connectivity index (χ2v) is 7.28. The van der Waals surface area contributed by atoms with Crippen LogP contribution < -0.4 is 9.47 Å². The molecule has 6 heteroatoms. The highest BCUT2D eigenvalue weighted by molar-refractivity contribution is 7.89. The van der Waals surface area contributed by atoms with Crippen molar-refractivity contribution in [1.29, 1.82) is 0 Å². The number of aryl methyl sites for hydroxylation is 1. The Morgan fingerprint density at radius 1 is 1.04 bits per heavy atom. The number of methoxy groups -OCH3 is 2. The fraction of sp³-hybridized carbons (Fsp3) is 0.294. The summed E-state index contributed by atoms with van der Waals surface area (Å²) < 4.78 is 37.3. The molecule has 5 nitrogen and oxygen atoms in total. The SMILES string of the molecule is COc1cccc(CN(C)S(=O)(=O)c2cc(C)ccc2OC)c1. The standard InChI is InChI=1S/C17H21NO4S/c1-13-8-9-16(22-4)17(10-13)23(19,20)18(2)12-14-6-5-7-15(11-14)21-3/h5-11H,12H2,1-4H3. The van der Waals surface area contributed by atoms with E-state index in [1.165, 1.54) is 11.4 Å². The Morgan fingerprint density at radius 2 is 1.78 bits per heavy atom. The van der Waals surface area contributed by atoms with Gasteiger partial charge < -0.3 is 9.47 Å². The molecule has 0 saturated heterocycles. The van der Waals surface area contributed by atoms with Crippen molar-refractivity contribution < 1.29 is 17.9 Å². The molecule has 2 aromatic carbocycles. The lowest BCUT2D eigenvalue weighted by molar-refractivity contribution is 0.397. The molecule has 124 valence electrons. The first-order chi connectivity index (χ1) is 10.9. The van der Waals surface area contributed by atoms with Crippen molar-refractivity contribution in [1.82, 2.24) is 4.31 Å². The first kappa shape index (κ1) is 17.3. The van der Waals surface area contributed by atoms with Crippen molar-refractivity contribution in [3.63, 3.8) is 0 Å². The Kier molecular flexibility index (Phi) is 5.28. The zero-order valence-corrected chi connectivity index (χ0v) is 14.6. The van der Waals surface area contributed by atoms with Gasteiger partial charge in [0, 0.05) is 13.6 Å². The van der Waals surface area contributed by atoms with Crippen LogP contribution in [0.5, 0.6) is 11.5 Å². The van der Waals surface area contributed by atoms with Crippen molar-refractivity contribution >= 4 is 10.0 Å². The molecule has 0 radical (unpaired) electrons. The van der Waals surface area contributed by atoms with Crippen LogP contribution in [-0.2, 0) is 16.6 Å². The summed E-state index contributed by atoms with van der Waals surface area (Å²) in [5, 5.41) is 0. The van der Waals surface area contributed by atoms with E-state index in [1.807, 2.05) is 37.3 Å². The predicted octanol–water partition coefficient (Wildman–Crippen LogP) is 2.83. The van der Waals surface area contributed by atoms with Crippen LogP contribution in [0.4, 0.5) is 0 Å². The van der Waals surface area contributed by atoms with Crippen molar-refractivity contribution in [2.24, 2.45) is 0 Å². The summed E-state index contributed by atoms with van der Waals surface area (Å²) in [5.41, 5.74) is 1.71. The maximum atomic E-state index is 12.8. The van der Waals surface area contributed by atoms with E-state index in [9.17, 15) is 8.42 Å². The Bertz CT molecular complexity index is 787. The molecule has 0 aromatic heterocycles. The summed E-state index contributed by atoms with van der Waals surface area (Å²) in [6.45, 7) is 2.09. The van der Waals surface area contributed by atoms with Crippen molar-refractivity contribution in [3.8, 4) is 11.5 Å². The molecule has 0 aliphatic rings. The van der Waals surface area contributed by atoms with Gasteiger partial charge in [-0.3, -0.25) is 0 Å². The minimum atomic E-state index is -3.65. The third kappa shape index (κ3) is 3.83. The maximum absolute atomic E-state index is 12.8. The average Bonchev–Trinajstić information content (AvgIpc) is 2.54. The highest BCUT2D eigenvalue weighted by Crippen LogP contribution is 2.28. The van der Waals surface area contributed by atoms with Crippen molar-refractivity contribution in [2.45, 2.75) is 18.4 Å². The molecule has 2 rings (SSSR count). The minimum Gasteiger partial charge on any atom is -0.497 e. The Hall–Kier alpha value is -2.05. The summed E-state index contributed by atoms with van der Waals surface area (Å²) >= 11 is 0. The van der Waals surface area contributed by atoms with Crippen LogP contribution in [0.2, 0.25) is 0 Å². The molecular weight excluding hydrogens is 314 g/mol. The lowest BCUT2D eigenvalue weighted by atomic mass is 10.2. The molecule has 0 heterocycles. The molecule has 0 atom stereocenters. The monoisotopic (exact) mass is 335 g/mol. The molecule has 23 heavy (non-hydrogen) atoms. The van der Waals surface area contributed by atoms with E-state index < -0.39 is 10.0 Å². The van der Waals surface area contributed by atoms with E-state index in [2.05, 4.69) is 0 Å². The van der Waals surface area contributed by atoms with Crippen molar-refractivity contribution in [3.05, 3.63) is 53.6 Å². The quantitative estimate of drug-likeness (QED) is 0.814. The van der Waals surface area contributed by atoms with Gasteiger partial charge in [0.2, 0.25) is 10.0 Å². The molecule has 0 unspecified atom stereocenters. The number of nitrogens with zero attached hydrogens (tertiary/aromatic N) is 1. The fourth-order valence-electron chi connectivity index (χ4n) is 2.27. The van der Waals surface area contributed by atoms with Crippen molar-refractivity contribution in [2.75, 3.05) is 21.3 Å². The molecule has 0 fully saturated rings. The molecule has 0 saturated carbocycles. The minimum absolute atomic E-state index is 0.172. The average molecular weight is 335 g/mol. The number of hydrogen-bond acceptors (Lipinski definition) is 4. The molecule has 0 bridgehead atoms. The summed E-state index contributed by atoms with van der Waals surface area (Å²) in [6.07, 6.45) is 0. The third-order valence-corrected chi connectivity index (χ3v) is 5.37. The third-order valence-electron chi connectivity index (χ3n) is 3.55. The summed E-state index contributed by atoms with van der Waals surface area (Å²) in [5.74, 6) is 1.04. The van der Waals surface area contributed by atoms with Crippen LogP contribution in [-0.4, -0.2) is 34.0 Å². The van der Waals surface area contributed by atoms with E-state index in [0.29, 0.717) is 11.5 Å². The molecule has 0 spiro atoms. The summed E-state index contributed by atoms with van der Waals surface area (Å²) in [6, 6.07) is 12.4.